The fourth-order valence-electron chi connectivity index (χ4n) is 2.98. The van der Waals surface area contributed by atoms with Gasteiger partial charge in [0.2, 0.25) is 0 Å². The van der Waals surface area contributed by atoms with E-state index in [1.54, 1.807) is 48.5 Å². The van der Waals surface area contributed by atoms with Gasteiger partial charge in [-0.2, -0.15) is 0 Å². The highest BCUT2D eigenvalue weighted by Gasteiger charge is 2.43. The van der Waals surface area contributed by atoms with Crippen molar-refractivity contribution in [1.29, 1.82) is 0 Å². The molecule has 0 saturated carbocycles. The van der Waals surface area contributed by atoms with Crippen molar-refractivity contribution >= 4 is 27.9 Å². The second-order valence-corrected chi connectivity index (χ2v) is 6.92. The molecular weight excluding hydrogens is 428 g/mol. The molecule has 1 heterocycles. The Hall–Kier alpha value is -2.22. The van der Waals surface area contributed by atoms with E-state index in [1.807, 2.05) is 12.1 Å². The first-order valence-corrected chi connectivity index (χ1v) is 10.0. The third-order valence-corrected chi connectivity index (χ3v) is 5.06. The first-order chi connectivity index (χ1) is 13.6. The van der Waals surface area contributed by atoms with E-state index < -0.39 is 36.5 Å². The third-order valence-electron chi connectivity index (χ3n) is 4.42. The normalized spacial score (nSPS) is 24.4. The van der Waals surface area contributed by atoms with Crippen molar-refractivity contribution in [2.24, 2.45) is 0 Å². The fraction of sp³-hybridized carbons (Fsp3) is 0.333. The van der Waals surface area contributed by atoms with Gasteiger partial charge in [0.1, 0.15) is 12.2 Å². The Morgan fingerprint density at radius 3 is 2.00 bits per heavy atom. The highest BCUT2D eigenvalue weighted by Crippen LogP contribution is 2.28. The summed E-state index contributed by atoms with van der Waals surface area (Å²) in [7, 11) is 1.52. The van der Waals surface area contributed by atoms with E-state index in [2.05, 4.69) is 15.9 Å². The van der Waals surface area contributed by atoms with Gasteiger partial charge in [-0.05, 0) is 24.3 Å². The number of hydrogen-bond acceptors (Lipinski definition) is 6. The fourth-order valence-corrected chi connectivity index (χ4v) is 3.50. The molecule has 2 aromatic rings. The molecule has 0 N–H and O–H groups in total. The number of ether oxygens (including phenoxy) is 4. The number of alkyl halides is 1. The van der Waals surface area contributed by atoms with Gasteiger partial charge in [0.05, 0.1) is 11.1 Å². The molecule has 2 aromatic carbocycles. The van der Waals surface area contributed by atoms with Crippen LogP contribution in [-0.4, -0.2) is 49.0 Å². The number of halogens is 1. The summed E-state index contributed by atoms with van der Waals surface area (Å²) < 4.78 is 22.5. The van der Waals surface area contributed by atoms with Crippen molar-refractivity contribution in [3.05, 3.63) is 71.8 Å². The lowest BCUT2D eigenvalue weighted by Crippen LogP contribution is -2.53. The van der Waals surface area contributed by atoms with Gasteiger partial charge in [-0.15, -0.1) is 0 Å². The topological polar surface area (TPSA) is 71.1 Å². The van der Waals surface area contributed by atoms with Crippen molar-refractivity contribution in [1.82, 2.24) is 0 Å². The molecule has 28 heavy (non-hydrogen) atoms. The van der Waals surface area contributed by atoms with Crippen molar-refractivity contribution in [3.8, 4) is 0 Å². The van der Waals surface area contributed by atoms with Crippen molar-refractivity contribution in [3.63, 3.8) is 0 Å². The molecule has 1 aliphatic rings. The number of carbonyl (C=O) groups excluding carboxylic acids is 2. The smallest absolute Gasteiger partial charge is 0.338 e. The zero-order chi connectivity index (χ0) is 19.9. The second-order valence-electron chi connectivity index (χ2n) is 6.28. The van der Waals surface area contributed by atoms with E-state index in [1.165, 1.54) is 7.11 Å². The molecule has 6 nitrogen and oxygen atoms in total. The van der Waals surface area contributed by atoms with Crippen LogP contribution in [-0.2, 0) is 18.9 Å². The molecule has 1 saturated heterocycles. The summed E-state index contributed by atoms with van der Waals surface area (Å²) in [5.41, 5.74) is 0.837. The summed E-state index contributed by atoms with van der Waals surface area (Å²) in [5.74, 6) is -0.992. The van der Waals surface area contributed by atoms with Gasteiger partial charge in [-0.25, -0.2) is 9.59 Å². The minimum atomic E-state index is -0.772. The van der Waals surface area contributed by atoms with Gasteiger partial charge < -0.3 is 18.9 Å². The van der Waals surface area contributed by atoms with Crippen LogP contribution in [0.3, 0.4) is 0 Å². The predicted molar refractivity (Wildman–Crippen MR) is 105 cm³/mol. The zero-order valence-corrected chi connectivity index (χ0v) is 16.9. The molecule has 4 atom stereocenters. The van der Waals surface area contributed by atoms with Crippen LogP contribution >= 0.6 is 15.9 Å². The number of methoxy groups -OCH3 is 1. The second kappa shape index (κ2) is 9.82. The molecule has 0 amide bonds. The van der Waals surface area contributed by atoms with Crippen molar-refractivity contribution in [2.75, 3.05) is 12.4 Å². The lowest BCUT2D eigenvalue weighted by molar-refractivity contribution is -0.235. The van der Waals surface area contributed by atoms with E-state index in [4.69, 9.17) is 18.9 Å². The maximum absolute atomic E-state index is 12.6. The van der Waals surface area contributed by atoms with Gasteiger partial charge in [0.25, 0.3) is 0 Å². The molecule has 0 aliphatic carbocycles. The van der Waals surface area contributed by atoms with Crippen LogP contribution < -0.4 is 0 Å². The minimum absolute atomic E-state index is 0.255. The lowest BCUT2D eigenvalue weighted by Gasteiger charge is -2.39. The van der Waals surface area contributed by atoms with Crippen LogP contribution in [0.15, 0.2) is 60.7 Å². The Morgan fingerprint density at radius 1 is 0.964 bits per heavy atom. The summed E-state index contributed by atoms with van der Waals surface area (Å²) >= 11 is 3.38. The Morgan fingerprint density at radius 2 is 1.50 bits per heavy atom. The lowest BCUT2D eigenvalue weighted by atomic mass is 10.0. The Kier molecular flexibility index (Phi) is 7.19. The van der Waals surface area contributed by atoms with E-state index in [9.17, 15) is 9.59 Å². The van der Waals surface area contributed by atoms with Crippen molar-refractivity contribution < 1.29 is 28.5 Å². The number of rotatable bonds is 6. The van der Waals surface area contributed by atoms with Gasteiger partial charge in [-0.3, -0.25) is 0 Å². The van der Waals surface area contributed by atoms with Gasteiger partial charge in [0.15, 0.2) is 12.4 Å². The molecule has 0 radical (unpaired) electrons. The summed E-state index contributed by atoms with van der Waals surface area (Å²) in [5, 5.41) is 0.388. The number of esters is 2. The Labute approximate surface area is 171 Å². The number of carbonyl (C=O) groups is 2. The van der Waals surface area contributed by atoms with Crippen LogP contribution in [0.2, 0.25) is 0 Å². The molecule has 0 aromatic heterocycles. The molecule has 3 rings (SSSR count). The summed E-state index contributed by atoms with van der Waals surface area (Å²) in [4.78, 5) is 25.1. The average Bonchev–Trinajstić information content (AvgIpc) is 2.75. The highest BCUT2D eigenvalue weighted by atomic mass is 79.9. The quantitative estimate of drug-likeness (QED) is 0.496. The SMILES string of the molecule is CO[C@@H]1C[C@H](OC(=O)c2ccccc2)[C@H](OC(=O)c2ccccc2)[C@@H](CBr)O1. The monoisotopic (exact) mass is 448 g/mol. The molecule has 0 bridgehead atoms. The van der Waals surface area contributed by atoms with Gasteiger partial charge in [-0.1, -0.05) is 52.3 Å². The van der Waals surface area contributed by atoms with Gasteiger partial charge >= 0.3 is 11.9 Å². The molecule has 0 unspecified atom stereocenters. The summed E-state index contributed by atoms with van der Waals surface area (Å²) in [6.07, 6.45) is -2.32. The van der Waals surface area contributed by atoms with Crippen LogP contribution in [0.1, 0.15) is 27.1 Å². The molecule has 1 aliphatic heterocycles. The van der Waals surface area contributed by atoms with E-state index in [0.717, 1.165) is 0 Å². The van der Waals surface area contributed by atoms with Crippen LogP contribution in [0, 0.1) is 0 Å². The molecular formula is C21H21BrO6. The summed E-state index contributed by atoms with van der Waals surface area (Å²) in [6.45, 7) is 0. The highest BCUT2D eigenvalue weighted by molar-refractivity contribution is 9.09. The number of benzene rings is 2. The van der Waals surface area contributed by atoms with E-state index >= 15 is 0 Å². The first kappa shape index (κ1) is 20.5. The molecule has 1 fully saturated rings. The molecule has 7 heteroatoms. The summed E-state index contributed by atoms with van der Waals surface area (Å²) in [6, 6.07) is 17.3. The minimum Gasteiger partial charge on any atom is -0.455 e. The largest absolute Gasteiger partial charge is 0.455 e. The van der Waals surface area contributed by atoms with Crippen LogP contribution in [0.25, 0.3) is 0 Å². The average molecular weight is 449 g/mol. The third kappa shape index (κ3) is 4.98. The number of hydrogen-bond donors (Lipinski definition) is 0. The standard InChI is InChI=1S/C21H21BrO6/c1-25-18-12-16(27-20(23)14-8-4-2-5-9-14)19(17(13-22)26-18)28-21(24)15-10-6-3-7-11-15/h2-11,16-19H,12-13H2,1H3/t16-,17+,18-,19-/m0/s1. The van der Waals surface area contributed by atoms with Crippen LogP contribution in [0.4, 0.5) is 0 Å². The Bertz CT molecular complexity index is 782. The Balaban J connectivity index is 1.79. The zero-order valence-electron chi connectivity index (χ0n) is 15.3. The maximum atomic E-state index is 12.6. The molecule has 148 valence electrons. The van der Waals surface area contributed by atoms with E-state index in [-0.39, 0.29) is 6.42 Å². The van der Waals surface area contributed by atoms with Gasteiger partial charge in [0, 0.05) is 18.9 Å². The molecule has 0 spiro atoms. The predicted octanol–water partition coefficient (Wildman–Crippen LogP) is 3.59. The maximum Gasteiger partial charge on any atom is 0.338 e. The van der Waals surface area contributed by atoms with E-state index in [0.29, 0.717) is 16.5 Å². The van der Waals surface area contributed by atoms with Crippen molar-refractivity contribution in [2.45, 2.75) is 31.0 Å². The van der Waals surface area contributed by atoms with Crippen LogP contribution in [0.5, 0.6) is 0 Å². The first-order valence-electron chi connectivity index (χ1n) is 8.88.